The summed E-state index contributed by atoms with van der Waals surface area (Å²) >= 11 is 0. The van der Waals surface area contributed by atoms with Crippen molar-refractivity contribution in [2.45, 2.75) is 58.2 Å². The van der Waals surface area contributed by atoms with Crippen molar-refractivity contribution >= 4 is 26.1 Å². The van der Waals surface area contributed by atoms with Gasteiger partial charge >= 0.3 is 5.97 Å². The first-order valence-corrected chi connectivity index (χ1v) is 9.66. The van der Waals surface area contributed by atoms with Crippen LogP contribution >= 0.6 is 0 Å². The lowest BCUT2D eigenvalue weighted by atomic mass is 10.2. The van der Waals surface area contributed by atoms with Crippen LogP contribution in [0.15, 0.2) is 0 Å². The van der Waals surface area contributed by atoms with Gasteiger partial charge in [0.1, 0.15) is 0 Å². The molecule has 0 spiro atoms. The fourth-order valence-corrected chi connectivity index (χ4v) is 2.46. The van der Waals surface area contributed by atoms with E-state index in [1.165, 1.54) is 0 Å². The zero-order valence-corrected chi connectivity index (χ0v) is 13.8. The predicted molar refractivity (Wildman–Crippen MR) is 74.9 cm³/mol. The van der Waals surface area contributed by atoms with Gasteiger partial charge in [-0.25, -0.2) is 4.79 Å². The average Bonchev–Trinajstić information content (AvgIpc) is 2.59. The van der Waals surface area contributed by atoms with Gasteiger partial charge in [0.25, 0.3) is 11.8 Å². The molecule has 2 amide bonds. The number of carbonyl (C=O) groups excluding carboxylic acids is 3. The smallest absolute Gasteiger partial charge is 0.335 e. The normalized spacial score (nSPS) is 16.8. The topological polar surface area (TPSA) is 72.9 Å². The maximum atomic E-state index is 11.6. The maximum Gasteiger partial charge on any atom is 0.335 e. The van der Waals surface area contributed by atoms with Crippen molar-refractivity contribution in [3.05, 3.63) is 0 Å². The molecule has 1 heterocycles. The zero-order valence-electron chi connectivity index (χ0n) is 12.8. The van der Waals surface area contributed by atoms with Gasteiger partial charge in [0.05, 0.1) is 6.42 Å². The molecule has 1 saturated heterocycles. The van der Waals surface area contributed by atoms with Crippen LogP contribution in [0.3, 0.4) is 0 Å². The Labute approximate surface area is 120 Å². The Hall–Kier alpha value is -1.21. The molecule has 0 aromatic rings. The van der Waals surface area contributed by atoms with Crippen LogP contribution < -0.4 is 0 Å². The van der Waals surface area contributed by atoms with E-state index in [0.29, 0.717) is 5.06 Å². The molecule has 1 fully saturated rings. The van der Waals surface area contributed by atoms with E-state index in [9.17, 15) is 14.4 Å². The van der Waals surface area contributed by atoms with Crippen LogP contribution in [-0.4, -0.2) is 37.8 Å². The van der Waals surface area contributed by atoms with E-state index >= 15 is 0 Å². The molecule has 0 radical (unpaired) electrons. The second-order valence-corrected chi connectivity index (χ2v) is 11.2. The Morgan fingerprint density at radius 2 is 1.70 bits per heavy atom. The third kappa shape index (κ3) is 4.14. The van der Waals surface area contributed by atoms with Gasteiger partial charge in [0.15, 0.2) is 8.32 Å². The third-order valence-electron chi connectivity index (χ3n) is 3.77. The molecule has 20 heavy (non-hydrogen) atoms. The molecule has 1 aliphatic rings. The molecule has 0 saturated carbocycles. The van der Waals surface area contributed by atoms with Gasteiger partial charge in [-0.15, -0.1) is 5.06 Å². The minimum Gasteiger partial charge on any atom is -0.416 e. The summed E-state index contributed by atoms with van der Waals surface area (Å²) in [4.78, 5) is 38.9. The Morgan fingerprint density at radius 3 is 2.15 bits per heavy atom. The third-order valence-corrected chi connectivity index (χ3v) is 8.31. The Balaban J connectivity index is 2.38. The lowest BCUT2D eigenvalue weighted by Crippen LogP contribution is -2.41. The number of imide groups is 1. The number of rotatable bonds is 5. The van der Waals surface area contributed by atoms with E-state index < -0.39 is 26.1 Å². The summed E-state index contributed by atoms with van der Waals surface area (Å²) < 4.78 is 5.83. The van der Waals surface area contributed by atoms with Crippen molar-refractivity contribution in [2.24, 2.45) is 0 Å². The van der Waals surface area contributed by atoms with Crippen molar-refractivity contribution < 1.29 is 23.6 Å². The predicted octanol–water partition coefficient (Wildman–Crippen LogP) is 2.01. The molecule has 114 valence electrons. The monoisotopic (exact) mass is 301 g/mol. The van der Waals surface area contributed by atoms with Gasteiger partial charge < -0.3 is 9.26 Å². The fraction of sp³-hybridized carbons (Fsp3) is 0.769. The van der Waals surface area contributed by atoms with Gasteiger partial charge in [0.2, 0.25) is 0 Å². The highest BCUT2D eigenvalue weighted by atomic mass is 28.4. The highest BCUT2D eigenvalue weighted by Crippen LogP contribution is 2.36. The first-order chi connectivity index (χ1) is 9.04. The minimum absolute atomic E-state index is 0.0313. The molecule has 0 atom stereocenters. The quantitative estimate of drug-likeness (QED) is 0.573. The van der Waals surface area contributed by atoms with Crippen LogP contribution in [0, 0.1) is 0 Å². The van der Waals surface area contributed by atoms with Crippen LogP contribution in [0.4, 0.5) is 0 Å². The van der Waals surface area contributed by atoms with Crippen molar-refractivity contribution in [3.63, 3.8) is 0 Å². The van der Waals surface area contributed by atoms with Crippen molar-refractivity contribution in [1.29, 1.82) is 0 Å². The Kier molecular flexibility index (Phi) is 5.09. The fourth-order valence-electron chi connectivity index (χ4n) is 1.41. The lowest BCUT2D eigenvalue weighted by molar-refractivity contribution is -0.197. The average molecular weight is 301 g/mol. The zero-order chi connectivity index (χ0) is 15.6. The highest BCUT2D eigenvalue weighted by Gasteiger charge is 2.37. The van der Waals surface area contributed by atoms with Crippen molar-refractivity contribution in [3.8, 4) is 0 Å². The molecular weight excluding hydrogens is 278 g/mol. The summed E-state index contributed by atoms with van der Waals surface area (Å²) in [6, 6.07) is 0. The van der Waals surface area contributed by atoms with E-state index in [1.54, 1.807) is 0 Å². The Morgan fingerprint density at radius 1 is 1.20 bits per heavy atom. The summed E-state index contributed by atoms with van der Waals surface area (Å²) in [7, 11) is -1.90. The van der Waals surface area contributed by atoms with Crippen molar-refractivity contribution in [1.82, 2.24) is 5.06 Å². The molecule has 6 nitrogen and oxygen atoms in total. The SMILES string of the molecule is CC(C)(C)[Si](C)(C)OCCC(=O)ON1C(=O)CCC1=O. The molecule has 1 rings (SSSR count). The molecule has 7 heteroatoms. The summed E-state index contributed by atoms with van der Waals surface area (Å²) in [6.45, 7) is 10.8. The number of hydrogen-bond acceptors (Lipinski definition) is 5. The molecule has 0 aliphatic carbocycles. The minimum atomic E-state index is -1.90. The molecule has 0 aromatic heterocycles. The molecule has 0 unspecified atom stereocenters. The number of hydrogen-bond donors (Lipinski definition) is 0. The second-order valence-electron chi connectivity index (χ2n) is 6.40. The number of amides is 2. The van der Waals surface area contributed by atoms with E-state index in [1.807, 2.05) is 0 Å². The molecular formula is C13H23NO5Si. The summed E-state index contributed by atoms with van der Waals surface area (Å²) in [5.41, 5.74) is 0. The van der Waals surface area contributed by atoms with Gasteiger partial charge in [-0.05, 0) is 18.1 Å². The van der Waals surface area contributed by atoms with E-state index in [2.05, 4.69) is 33.9 Å². The maximum absolute atomic E-state index is 11.6. The number of hydroxylamine groups is 2. The summed E-state index contributed by atoms with van der Waals surface area (Å²) in [6.07, 6.45) is 0.239. The molecule has 0 N–H and O–H groups in total. The van der Waals surface area contributed by atoms with Gasteiger partial charge in [0, 0.05) is 19.4 Å². The van der Waals surface area contributed by atoms with E-state index in [4.69, 9.17) is 9.26 Å². The van der Waals surface area contributed by atoms with E-state index in [-0.39, 0.29) is 30.9 Å². The lowest BCUT2D eigenvalue weighted by Gasteiger charge is -2.36. The summed E-state index contributed by atoms with van der Waals surface area (Å²) in [5, 5.41) is 0.631. The Bertz CT molecular complexity index is 397. The highest BCUT2D eigenvalue weighted by molar-refractivity contribution is 6.74. The van der Waals surface area contributed by atoms with Gasteiger partial charge in [-0.2, -0.15) is 0 Å². The van der Waals surface area contributed by atoms with Crippen LogP contribution in [0.1, 0.15) is 40.0 Å². The number of carbonyl (C=O) groups is 3. The first-order valence-electron chi connectivity index (χ1n) is 6.75. The van der Waals surface area contributed by atoms with E-state index in [0.717, 1.165) is 0 Å². The van der Waals surface area contributed by atoms with Gasteiger partial charge in [-0.1, -0.05) is 20.8 Å². The molecule has 0 aromatic carbocycles. The standard InChI is InChI=1S/C13H23NO5Si/c1-13(2,3)20(4,5)18-9-8-12(17)19-14-10(15)6-7-11(14)16/h6-9H2,1-5H3. The van der Waals surface area contributed by atoms with Gasteiger partial charge in [-0.3, -0.25) is 9.59 Å². The first kappa shape index (κ1) is 16.8. The van der Waals surface area contributed by atoms with Crippen LogP contribution in [0.25, 0.3) is 0 Å². The van der Waals surface area contributed by atoms with Crippen LogP contribution in [0.5, 0.6) is 0 Å². The van der Waals surface area contributed by atoms with Crippen LogP contribution in [0.2, 0.25) is 18.1 Å². The largest absolute Gasteiger partial charge is 0.416 e. The molecule has 0 bridgehead atoms. The van der Waals surface area contributed by atoms with Crippen molar-refractivity contribution in [2.75, 3.05) is 6.61 Å². The summed E-state index contributed by atoms with van der Waals surface area (Å²) in [5.74, 6) is -1.55. The molecule has 1 aliphatic heterocycles. The number of nitrogens with zero attached hydrogens (tertiary/aromatic N) is 1. The second kappa shape index (κ2) is 6.05. The van der Waals surface area contributed by atoms with Crippen LogP contribution in [-0.2, 0) is 23.6 Å².